The van der Waals surface area contributed by atoms with Crippen LogP contribution in [0.15, 0.2) is 24.3 Å². The van der Waals surface area contributed by atoms with Crippen molar-refractivity contribution in [3.63, 3.8) is 0 Å². The molecular weight excluding hydrogens is 275 g/mol. The highest BCUT2D eigenvalue weighted by Gasteiger charge is 2.16. The molecule has 20 heavy (non-hydrogen) atoms. The zero-order valence-corrected chi connectivity index (χ0v) is 12.6. The largest absolute Gasteiger partial charge is 0.351 e. The lowest BCUT2D eigenvalue weighted by Gasteiger charge is -2.06. The van der Waals surface area contributed by atoms with Gasteiger partial charge in [0.2, 0.25) is 0 Å². The van der Waals surface area contributed by atoms with E-state index >= 15 is 0 Å². The van der Waals surface area contributed by atoms with E-state index in [2.05, 4.69) is 10.3 Å². The molecule has 0 radical (unpaired) electrons. The third-order valence-corrected chi connectivity index (χ3v) is 3.97. The van der Waals surface area contributed by atoms with Crippen molar-refractivity contribution in [2.45, 2.75) is 20.8 Å². The molecule has 0 spiro atoms. The number of aromatic nitrogens is 1. The minimum Gasteiger partial charge on any atom is -0.351 e. The third kappa shape index (κ3) is 3.42. The summed E-state index contributed by atoms with van der Waals surface area (Å²) >= 11 is 1.33. The Morgan fingerprint density at radius 3 is 2.60 bits per heavy atom. The van der Waals surface area contributed by atoms with Gasteiger partial charge in [-0.25, -0.2) is 9.37 Å². The number of hydrogen-bond donors (Lipinski definition) is 1. The number of benzene rings is 1. The van der Waals surface area contributed by atoms with Crippen molar-refractivity contribution in [3.8, 4) is 10.6 Å². The Hall–Kier alpha value is -1.75. The number of halogens is 1. The number of hydrogen-bond acceptors (Lipinski definition) is 3. The Morgan fingerprint density at radius 1 is 1.35 bits per heavy atom. The lowest BCUT2D eigenvalue weighted by Crippen LogP contribution is -2.27. The molecule has 1 aromatic heterocycles. The number of rotatable bonds is 4. The van der Waals surface area contributed by atoms with Crippen LogP contribution in [0.3, 0.4) is 0 Å². The molecule has 1 N–H and O–H groups in total. The van der Waals surface area contributed by atoms with Gasteiger partial charge in [-0.3, -0.25) is 4.79 Å². The minimum atomic E-state index is -0.281. The van der Waals surface area contributed by atoms with Crippen LogP contribution in [-0.4, -0.2) is 17.4 Å². The Morgan fingerprint density at radius 2 is 2.00 bits per heavy atom. The Kier molecular flexibility index (Phi) is 4.49. The summed E-state index contributed by atoms with van der Waals surface area (Å²) in [5.74, 6) is 0.0303. The van der Waals surface area contributed by atoms with E-state index in [0.29, 0.717) is 23.0 Å². The fraction of sp³-hybridized carbons (Fsp3) is 0.333. The van der Waals surface area contributed by atoms with E-state index in [-0.39, 0.29) is 11.7 Å². The Bertz CT molecular complexity index is 605. The van der Waals surface area contributed by atoms with E-state index in [1.54, 1.807) is 12.1 Å². The highest BCUT2D eigenvalue weighted by Crippen LogP contribution is 2.27. The van der Waals surface area contributed by atoms with E-state index in [1.807, 2.05) is 20.8 Å². The molecular formula is C15H17FN2OS. The molecule has 1 amide bonds. The van der Waals surface area contributed by atoms with Gasteiger partial charge >= 0.3 is 0 Å². The summed E-state index contributed by atoms with van der Waals surface area (Å²) in [6.45, 7) is 6.55. The molecule has 3 nitrogen and oxygen atoms in total. The van der Waals surface area contributed by atoms with E-state index in [1.165, 1.54) is 23.5 Å². The van der Waals surface area contributed by atoms with Gasteiger partial charge in [0.15, 0.2) is 0 Å². The molecule has 1 aromatic carbocycles. The number of nitrogens with zero attached hydrogens (tertiary/aromatic N) is 1. The normalized spacial score (nSPS) is 10.8. The van der Waals surface area contributed by atoms with Crippen molar-refractivity contribution >= 4 is 17.2 Å². The summed E-state index contributed by atoms with van der Waals surface area (Å²) in [4.78, 5) is 17.1. The van der Waals surface area contributed by atoms with E-state index < -0.39 is 0 Å². The van der Waals surface area contributed by atoms with Gasteiger partial charge in [0.25, 0.3) is 5.91 Å². The van der Waals surface area contributed by atoms with Crippen LogP contribution in [0, 0.1) is 18.7 Å². The van der Waals surface area contributed by atoms with E-state index in [4.69, 9.17) is 0 Å². The zero-order chi connectivity index (χ0) is 14.7. The van der Waals surface area contributed by atoms with Gasteiger partial charge in [0.05, 0.1) is 5.69 Å². The minimum absolute atomic E-state index is 0.0953. The van der Waals surface area contributed by atoms with Gasteiger partial charge in [-0.2, -0.15) is 0 Å². The quantitative estimate of drug-likeness (QED) is 0.934. The number of amides is 1. The number of carbonyl (C=O) groups excluding carboxylic acids is 1. The average molecular weight is 292 g/mol. The van der Waals surface area contributed by atoms with Crippen molar-refractivity contribution in [1.82, 2.24) is 10.3 Å². The van der Waals surface area contributed by atoms with Crippen LogP contribution in [0.25, 0.3) is 10.6 Å². The number of carbonyl (C=O) groups is 1. The predicted molar refractivity (Wildman–Crippen MR) is 79.4 cm³/mol. The SMILES string of the molecule is Cc1nc(-c2ccc(F)cc2)sc1C(=O)NCC(C)C. The molecule has 0 atom stereocenters. The summed E-state index contributed by atoms with van der Waals surface area (Å²) in [5, 5.41) is 3.62. The fourth-order valence-corrected chi connectivity index (χ4v) is 2.69. The summed E-state index contributed by atoms with van der Waals surface area (Å²) in [6.07, 6.45) is 0. The highest BCUT2D eigenvalue weighted by molar-refractivity contribution is 7.17. The van der Waals surface area contributed by atoms with Gasteiger partial charge in [0.1, 0.15) is 15.7 Å². The first-order valence-corrected chi connectivity index (χ1v) is 7.30. The molecule has 106 valence electrons. The van der Waals surface area contributed by atoms with Gasteiger partial charge in [0, 0.05) is 12.1 Å². The van der Waals surface area contributed by atoms with Crippen molar-refractivity contribution in [1.29, 1.82) is 0 Å². The summed E-state index contributed by atoms with van der Waals surface area (Å²) in [5.41, 5.74) is 1.53. The second kappa shape index (κ2) is 6.13. The Balaban J connectivity index is 2.21. The maximum Gasteiger partial charge on any atom is 0.263 e. The lowest BCUT2D eigenvalue weighted by atomic mass is 10.2. The molecule has 0 saturated carbocycles. The smallest absolute Gasteiger partial charge is 0.263 e. The number of nitrogens with one attached hydrogen (secondary N) is 1. The van der Waals surface area contributed by atoms with E-state index in [9.17, 15) is 9.18 Å². The van der Waals surface area contributed by atoms with Crippen molar-refractivity contribution in [2.75, 3.05) is 6.54 Å². The zero-order valence-electron chi connectivity index (χ0n) is 11.7. The summed E-state index contributed by atoms with van der Waals surface area (Å²) in [7, 11) is 0. The van der Waals surface area contributed by atoms with Crippen LogP contribution in [0.2, 0.25) is 0 Å². The highest BCUT2D eigenvalue weighted by atomic mass is 32.1. The second-order valence-electron chi connectivity index (χ2n) is 5.04. The van der Waals surface area contributed by atoms with Gasteiger partial charge in [-0.05, 0) is 37.1 Å². The van der Waals surface area contributed by atoms with Crippen molar-refractivity contribution < 1.29 is 9.18 Å². The van der Waals surface area contributed by atoms with Crippen LogP contribution < -0.4 is 5.32 Å². The first kappa shape index (κ1) is 14.7. The van der Waals surface area contributed by atoms with Gasteiger partial charge in [-0.15, -0.1) is 11.3 Å². The first-order chi connectivity index (χ1) is 9.47. The van der Waals surface area contributed by atoms with Crippen LogP contribution >= 0.6 is 11.3 Å². The second-order valence-corrected chi connectivity index (χ2v) is 6.04. The molecule has 0 aliphatic rings. The number of thiazole rings is 1. The number of aryl methyl sites for hydroxylation is 1. The Labute approximate surface area is 121 Å². The molecule has 0 aliphatic carbocycles. The topological polar surface area (TPSA) is 42.0 Å². The fourth-order valence-electron chi connectivity index (χ4n) is 1.70. The average Bonchev–Trinajstić information content (AvgIpc) is 2.79. The van der Waals surface area contributed by atoms with Crippen LogP contribution in [-0.2, 0) is 0 Å². The van der Waals surface area contributed by atoms with Crippen molar-refractivity contribution in [3.05, 3.63) is 40.7 Å². The molecule has 1 heterocycles. The third-order valence-electron chi connectivity index (χ3n) is 2.76. The molecule has 2 aromatic rings. The molecule has 0 unspecified atom stereocenters. The van der Waals surface area contributed by atoms with Crippen LogP contribution in [0.1, 0.15) is 29.2 Å². The maximum atomic E-state index is 12.9. The molecule has 0 fully saturated rings. The summed E-state index contributed by atoms with van der Waals surface area (Å²) in [6, 6.07) is 6.13. The lowest BCUT2D eigenvalue weighted by molar-refractivity contribution is 0.0952. The molecule has 0 saturated heterocycles. The van der Waals surface area contributed by atoms with Gasteiger partial charge in [-0.1, -0.05) is 13.8 Å². The molecule has 5 heteroatoms. The van der Waals surface area contributed by atoms with Crippen molar-refractivity contribution in [2.24, 2.45) is 5.92 Å². The van der Waals surface area contributed by atoms with Crippen LogP contribution in [0.4, 0.5) is 4.39 Å². The molecule has 0 bridgehead atoms. The monoisotopic (exact) mass is 292 g/mol. The standard InChI is InChI=1S/C15H17FN2OS/c1-9(2)8-17-14(19)13-10(3)18-15(20-13)11-4-6-12(16)7-5-11/h4-7,9H,8H2,1-3H3,(H,17,19). The summed E-state index contributed by atoms with van der Waals surface area (Å²) < 4.78 is 12.9. The molecule has 2 rings (SSSR count). The van der Waals surface area contributed by atoms with Gasteiger partial charge < -0.3 is 5.32 Å². The first-order valence-electron chi connectivity index (χ1n) is 6.49. The van der Waals surface area contributed by atoms with Crippen LogP contribution in [0.5, 0.6) is 0 Å². The predicted octanol–water partition coefficient (Wildman–Crippen LogP) is 3.64. The van der Waals surface area contributed by atoms with E-state index in [0.717, 1.165) is 10.6 Å². The molecule has 0 aliphatic heterocycles. The maximum absolute atomic E-state index is 12.9.